The highest BCUT2D eigenvalue weighted by atomic mass is 19.1. The van der Waals surface area contributed by atoms with E-state index < -0.39 is 17.8 Å². The number of nitrogens with one attached hydrogen (secondary N) is 4. The summed E-state index contributed by atoms with van der Waals surface area (Å²) >= 11 is 0. The van der Waals surface area contributed by atoms with E-state index in [1.807, 2.05) is 36.5 Å². The van der Waals surface area contributed by atoms with Gasteiger partial charge in [-0.3, -0.25) is 33.7 Å². The molecule has 2 saturated heterocycles. The van der Waals surface area contributed by atoms with Crippen LogP contribution in [0, 0.1) is 5.82 Å². The highest BCUT2D eigenvalue weighted by Crippen LogP contribution is 2.38. The Labute approximate surface area is 337 Å². The van der Waals surface area contributed by atoms with E-state index in [9.17, 15) is 23.6 Å². The Morgan fingerprint density at radius 2 is 1.66 bits per heavy atom. The first-order valence-electron chi connectivity index (χ1n) is 19.0. The van der Waals surface area contributed by atoms with E-state index in [0.29, 0.717) is 51.9 Å². The molecule has 2 fully saturated rings. The molecule has 1 unspecified atom stereocenters. The number of carbonyl (C=O) groups excluding carboxylic acids is 3. The molecule has 0 radical (unpaired) electrons. The number of imide groups is 1. The molecule has 18 heteroatoms. The van der Waals surface area contributed by atoms with Gasteiger partial charge in [-0.05, 0) is 42.3 Å². The molecule has 2 aromatic carbocycles. The average Bonchev–Trinajstić information content (AvgIpc) is 3.50. The molecule has 8 rings (SSSR count). The van der Waals surface area contributed by atoms with Crippen LogP contribution < -0.4 is 36.6 Å². The molecule has 3 amide bonds. The second kappa shape index (κ2) is 16.3. The number of hydrogen-bond donors (Lipinski definition) is 4. The first-order valence-corrected chi connectivity index (χ1v) is 19.0. The first kappa shape index (κ1) is 38.7. The molecule has 6 heterocycles. The zero-order chi connectivity index (χ0) is 41.2. The van der Waals surface area contributed by atoms with Gasteiger partial charge in [0.15, 0.2) is 17.4 Å². The maximum Gasteiger partial charge on any atom is 0.329 e. The molecular weight excluding hydrogens is 760 g/mol. The van der Waals surface area contributed by atoms with Crippen molar-refractivity contribution in [3.05, 3.63) is 107 Å². The normalized spacial score (nSPS) is 15.9. The Morgan fingerprint density at radius 3 is 2.37 bits per heavy atom. The number of benzene rings is 2. The lowest BCUT2D eigenvalue weighted by atomic mass is 10.1. The van der Waals surface area contributed by atoms with Gasteiger partial charge in [-0.15, -0.1) is 0 Å². The number of para-hydroxylation sites is 2. The van der Waals surface area contributed by atoms with Crippen molar-refractivity contribution in [1.82, 2.24) is 44.6 Å². The van der Waals surface area contributed by atoms with Gasteiger partial charge >= 0.3 is 5.69 Å². The van der Waals surface area contributed by atoms with E-state index in [4.69, 9.17) is 4.74 Å². The number of imidazole rings is 1. The smallest absolute Gasteiger partial charge is 0.329 e. The number of fused-ring (bicyclic) bond motifs is 1. The van der Waals surface area contributed by atoms with Crippen molar-refractivity contribution >= 4 is 57.5 Å². The summed E-state index contributed by atoms with van der Waals surface area (Å²) in [7, 11) is 4.75. The van der Waals surface area contributed by atoms with Gasteiger partial charge in [0.25, 0.3) is 5.91 Å². The second-order valence-electron chi connectivity index (χ2n) is 14.2. The van der Waals surface area contributed by atoms with Crippen LogP contribution in [0.5, 0.6) is 5.75 Å². The average molecular weight is 801 g/mol. The Balaban J connectivity index is 0.934. The summed E-state index contributed by atoms with van der Waals surface area (Å²) in [5.41, 5.74) is 4.87. The quantitative estimate of drug-likeness (QED) is 0.138. The number of piperidine rings is 1. The Hall–Kier alpha value is -7.21. The zero-order valence-electron chi connectivity index (χ0n) is 32.5. The van der Waals surface area contributed by atoms with Crippen LogP contribution in [0.25, 0.3) is 22.4 Å². The van der Waals surface area contributed by atoms with Crippen LogP contribution in [0.15, 0.2) is 84.2 Å². The number of hydrogen-bond acceptors (Lipinski definition) is 13. The minimum atomic E-state index is -0.739. The van der Waals surface area contributed by atoms with Gasteiger partial charge in [-0.25, -0.2) is 29.1 Å². The number of aromatic nitrogens is 6. The van der Waals surface area contributed by atoms with Crippen LogP contribution in [-0.2, 0) is 23.2 Å². The van der Waals surface area contributed by atoms with Crippen LogP contribution >= 0.6 is 0 Å². The van der Waals surface area contributed by atoms with Crippen molar-refractivity contribution in [1.29, 1.82) is 0 Å². The minimum absolute atomic E-state index is 0.186. The van der Waals surface area contributed by atoms with Crippen molar-refractivity contribution in [3.63, 3.8) is 0 Å². The van der Waals surface area contributed by atoms with Gasteiger partial charge in [0.05, 0.1) is 58.7 Å². The fraction of sp³-hybridized carbons (Fsp3) is 0.268. The van der Waals surface area contributed by atoms with E-state index in [1.54, 1.807) is 35.9 Å². The van der Waals surface area contributed by atoms with Gasteiger partial charge in [0.2, 0.25) is 11.8 Å². The predicted molar refractivity (Wildman–Crippen MR) is 218 cm³/mol. The van der Waals surface area contributed by atoms with E-state index in [1.165, 1.54) is 24.9 Å². The molecule has 1 atom stereocenters. The molecule has 0 saturated carbocycles. The predicted octanol–water partition coefficient (Wildman–Crippen LogP) is 3.88. The van der Waals surface area contributed by atoms with Crippen LogP contribution in [0.4, 0.5) is 33.1 Å². The number of carbonyl (C=O) groups is 3. The molecule has 4 N–H and O–H groups in total. The Morgan fingerprint density at radius 1 is 0.898 bits per heavy atom. The third-order valence-corrected chi connectivity index (χ3v) is 10.5. The topological polar surface area (TPSA) is 194 Å². The summed E-state index contributed by atoms with van der Waals surface area (Å²) in [5, 5.41) is 11.5. The van der Waals surface area contributed by atoms with Crippen LogP contribution in [0.2, 0.25) is 0 Å². The molecule has 0 aliphatic carbocycles. The van der Waals surface area contributed by atoms with E-state index in [-0.39, 0.29) is 36.2 Å². The lowest BCUT2D eigenvalue weighted by molar-refractivity contribution is -0.135. The first-order chi connectivity index (χ1) is 28.6. The standard InChI is InChI=1S/C41H41FN12O5/c1-43-39(56)27-22-45-34(18-29(27)48-28-7-4-6-26(37(28)59-3)38-46-20-25(42)21-47-38)49-33-12-10-24(19-44-33)23-52-14-16-53(17-15-52)30-8-5-9-31-36(30)51(2)41(58)54(31)32-11-13-35(55)50-40(32)57/h4-10,12,18-22,32H,11,13-17,23H2,1-3H3,(H,43,56)(H,50,55,57)(H2,44,45,48,49). The van der Waals surface area contributed by atoms with E-state index >= 15 is 0 Å². The Bertz CT molecular complexity index is 2620. The van der Waals surface area contributed by atoms with Crippen LogP contribution in [0.3, 0.4) is 0 Å². The summed E-state index contributed by atoms with van der Waals surface area (Å²) in [6.07, 6.45) is 5.91. The number of amides is 3. The number of anilines is 5. The lowest BCUT2D eigenvalue weighted by Gasteiger charge is -2.36. The summed E-state index contributed by atoms with van der Waals surface area (Å²) in [6, 6.07) is 15.9. The molecule has 2 aliphatic rings. The number of ether oxygens (including phenoxy) is 1. The van der Waals surface area contributed by atoms with Gasteiger partial charge in [-0.2, -0.15) is 0 Å². The lowest BCUT2D eigenvalue weighted by Crippen LogP contribution is -2.46. The highest BCUT2D eigenvalue weighted by Gasteiger charge is 2.32. The number of pyridine rings is 2. The molecule has 0 bridgehead atoms. The number of methoxy groups -OCH3 is 1. The number of aryl methyl sites for hydroxylation is 1. The molecule has 17 nitrogen and oxygen atoms in total. The van der Waals surface area contributed by atoms with Crippen molar-refractivity contribution in [3.8, 4) is 17.1 Å². The van der Waals surface area contributed by atoms with E-state index in [0.717, 1.165) is 55.3 Å². The summed E-state index contributed by atoms with van der Waals surface area (Å²) in [5.74, 6) is -0.0147. The largest absolute Gasteiger partial charge is 0.494 e. The molecule has 0 spiro atoms. The third kappa shape index (κ3) is 7.76. The van der Waals surface area contributed by atoms with Gasteiger partial charge in [0, 0.05) is 71.7 Å². The summed E-state index contributed by atoms with van der Waals surface area (Å²) in [6.45, 7) is 3.70. The van der Waals surface area contributed by atoms with Gasteiger partial charge in [0.1, 0.15) is 17.7 Å². The van der Waals surface area contributed by atoms with Gasteiger partial charge in [-0.1, -0.05) is 18.2 Å². The van der Waals surface area contributed by atoms with Crippen LogP contribution in [0.1, 0.15) is 34.8 Å². The zero-order valence-corrected chi connectivity index (χ0v) is 32.5. The van der Waals surface area contributed by atoms with Crippen molar-refractivity contribution in [2.45, 2.75) is 25.4 Å². The fourth-order valence-corrected chi connectivity index (χ4v) is 7.60. The molecule has 4 aromatic heterocycles. The van der Waals surface area contributed by atoms with E-state index in [2.05, 4.69) is 51.0 Å². The van der Waals surface area contributed by atoms with Crippen LogP contribution in [-0.4, -0.2) is 92.0 Å². The monoisotopic (exact) mass is 800 g/mol. The SMILES string of the molecule is CNC(=O)c1cnc(Nc2ccc(CN3CCN(c4cccc5c4n(C)c(=O)n5C4CCC(=O)NC4=O)CC3)cn2)cc1Nc1cccc(-c2ncc(F)cn2)c1OC. The third-order valence-electron chi connectivity index (χ3n) is 10.5. The number of nitrogens with zero attached hydrogens (tertiary/aromatic N) is 8. The maximum absolute atomic E-state index is 13.5. The summed E-state index contributed by atoms with van der Waals surface area (Å²) in [4.78, 5) is 72.7. The van der Waals surface area contributed by atoms with Crippen molar-refractivity contribution in [2.75, 3.05) is 55.9 Å². The maximum atomic E-state index is 13.5. The summed E-state index contributed by atoms with van der Waals surface area (Å²) < 4.78 is 22.4. The molecule has 2 aliphatic heterocycles. The number of piperazine rings is 1. The Kier molecular flexibility index (Phi) is 10.7. The molecule has 302 valence electrons. The highest BCUT2D eigenvalue weighted by molar-refractivity contribution is 6.01. The van der Waals surface area contributed by atoms with Crippen molar-refractivity contribution in [2.24, 2.45) is 7.05 Å². The molecular formula is C41H41FN12O5. The fourth-order valence-electron chi connectivity index (χ4n) is 7.60. The number of rotatable bonds is 11. The molecule has 59 heavy (non-hydrogen) atoms. The second-order valence-corrected chi connectivity index (χ2v) is 14.2. The van der Waals surface area contributed by atoms with Crippen molar-refractivity contribution < 1.29 is 23.5 Å². The minimum Gasteiger partial charge on any atom is -0.494 e. The number of halogens is 1. The van der Waals surface area contributed by atoms with Gasteiger partial charge < -0.3 is 25.6 Å². The molecule has 6 aromatic rings.